The van der Waals surface area contributed by atoms with Crippen LogP contribution in [-0.2, 0) is 14.8 Å². The maximum atomic E-state index is 13.4. The van der Waals surface area contributed by atoms with Gasteiger partial charge in [0.15, 0.2) is 0 Å². The van der Waals surface area contributed by atoms with Gasteiger partial charge in [0.2, 0.25) is 0 Å². The van der Waals surface area contributed by atoms with Crippen LogP contribution < -0.4 is 14.8 Å². The summed E-state index contributed by atoms with van der Waals surface area (Å²) in [5.41, 5.74) is 0.483. The molecule has 3 atom stereocenters. The molecule has 0 unspecified atom stereocenters. The van der Waals surface area contributed by atoms with E-state index in [1.54, 1.807) is 19.1 Å². The van der Waals surface area contributed by atoms with Gasteiger partial charge in [-0.15, -0.1) is 0 Å². The van der Waals surface area contributed by atoms with E-state index in [4.69, 9.17) is 21.1 Å². The maximum absolute atomic E-state index is 13.4. The van der Waals surface area contributed by atoms with Crippen LogP contribution in [0, 0.1) is 5.92 Å². The van der Waals surface area contributed by atoms with Crippen molar-refractivity contribution in [3.8, 4) is 5.75 Å². The van der Waals surface area contributed by atoms with E-state index in [0.717, 1.165) is 0 Å². The van der Waals surface area contributed by atoms with Crippen LogP contribution >= 0.6 is 11.6 Å². The minimum Gasteiger partial charge on any atom is -0.491 e. The standard InChI is InChI=1S/C27H37ClN4O6S/c1-17(2)29-27(34)32-14-18(3)25(37-6)15-31(5)26(33)23-12-9-21(13-24(23)38-16-19(32)4)30-39(35,36)22-10-7-20(28)8-11-22/h7-13,17-19,25,30H,14-16H2,1-6H3,(H,29,34)/t18-,19+,25-/m1/s1. The fourth-order valence-electron chi connectivity index (χ4n) is 4.28. The summed E-state index contributed by atoms with van der Waals surface area (Å²) in [5, 5.41) is 3.36. The molecule has 39 heavy (non-hydrogen) atoms. The Bertz CT molecular complexity index is 1270. The highest BCUT2D eigenvalue weighted by atomic mass is 35.5. The zero-order valence-electron chi connectivity index (χ0n) is 23.1. The lowest BCUT2D eigenvalue weighted by atomic mass is 10.0. The van der Waals surface area contributed by atoms with Crippen molar-refractivity contribution in [2.45, 2.75) is 50.8 Å². The van der Waals surface area contributed by atoms with Gasteiger partial charge in [-0.2, -0.15) is 0 Å². The molecule has 0 saturated carbocycles. The van der Waals surface area contributed by atoms with Gasteiger partial charge in [0.25, 0.3) is 15.9 Å². The largest absolute Gasteiger partial charge is 0.491 e. The number of nitrogens with one attached hydrogen (secondary N) is 2. The number of anilines is 1. The summed E-state index contributed by atoms with van der Waals surface area (Å²) in [4.78, 5) is 29.8. The summed E-state index contributed by atoms with van der Waals surface area (Å²) >= 11 is 5.89. The zero-order valence-corrected chi connectivity index (χ0v) is 24.7. The van der Waals surface area contributed by atoms with Crippen LogP contribution in [0.5, 0.6) is 5.75 Å². The van der Waals surface area contributed by atoms with Gasteiger partial charge in [-0.1, -0.05) is 18.5 Å². The molecule has 0 radical (unpaired) electrons. The van der Waals surface area contributed by atoms with E-state index in [9.17, 15) is 18.0 Å². The van der Waals surface area contributed by atoms with Crippen LogP contribution in [0.1, 0.15) is 38.1 Å². The van der Waals surface area contributed by atoms with Gasteiger partial charge in [0.05, 0.1) is 28.3 Å². The SMILES string of the molecule is CO[C@@H]1CN(C)C(=O)c2ccc(NS(=O)(=O)c3ccc(Cl)cc3)cc2OC[C@H](C)N(C(=O)NC(C)C)C[C@H]1C. The van der Waals surface area contributed by atoms with Gasteiger partial charge >= 0.3 is 6.03 Å². The number of likely N-dealkylation sites (N-methyl/N-ethyl adjacent to an activating group) is 1. The minimum absolute atomic E-state index is 0.0385. The molecule has 0 spiro atoms. The molecule has 1 heterocycles. The van der Waals surface area contributed by atoms with Crippen LogP contribution in [0.4, 0.5) is 10.5 Å². The van der Waals surface area contributed by atoms with Crippen molar-refractivity contribution in [2.24, 2.45) is 5.92 Å². The molecule has 2 aromatic carbocycles. The number of rotatable bonds is 5. The second kappa shape index (κ2) is 12.9. The Morgan fingerprint density at radius 3 is 2.41 bits per heavy atom. The Morgan fingerprint density at radius 2 is 1.79 bits per heavy atom. The number of benzene rings is 2. The molecule has 1 aliphatic rings. The zero-order chi connectivity index (χ0) is 28.9. The number of carbonyl (C=O) groups excluding carboxylic acids is 2. The first kappa shape index (κ1) is 30.5. The average molecular weight is 581 g/mol. The number of amides is 3. The normalized spacial score (nSPS) is 20.9. The third-order valence-electron chi connectivity index (χ3n) is 6.50. The van der Waals surface area contributed by atoms with Gasteiger partial charge in [0, 0.05) is 50.3 Å². The fourth-order valence-corrected chi connectivity index (χ4v) is 5.45. The van der Waals surface area contributed by atoms with E-state index in [-0.39, 0.29) is 71.1 Å². The molecule has 0 bridgehead atoms. The second-order valence-electron chi connectivity index (χ2n) is 10.1. The molecule has 0 fully saturated rings. The lowest BCUT2D eigenvalue weighted by Crippen LogP contribution is -2.52. The van der Waals surface area contributed by atoms with Crippen LogP contribution in [0.2, 0.25) is 5.02 Å². The van der Waals surface area contributed by atoms with Crippen molar-refractivity contribution in [2.75, 3.05) is 38.6 Å². The van der Waals surface area contributed by atoms with Crippen LogP contribution in [0.25, 0.3) is 0 Å². The smallest absolute Gasteiger partial charge is 0.317 e. The number of fused-ring (bicyclic) bond motifs is 1. The van der Waals surface area contributed by atoms with Gasteiger partial charge in [-0.05, 0) is 57.2 Å². The van der Waals surface area contributed by atoms with E-state index in [0.29, 0.717) is 11.6 Å². The lowest BCUT2D eigenvalue weighted by Gasteiger charge is -2.36. The van der Waals surface area contributed by atoms with E-state index >= 15 is 0 Å². The number of ether oxygens (including phenoxy) is 2. The van der Waals surface area contributed by atoms with Crippen molar-refractivity contribution in [3.05, 3.63) is 53.1 Å². The number of nitrogens with zero attached hydrogens (tertiary/aromatic N) is 2. The summed E-state index contributed by atoms with van der Waals surface area (Å²) < 4.78 is 40.2. The summed E-state index contributed by atoms with van der Waals surface area (Å²) in [5.74, 6) is -0.176. The maximum Gasteiger partial charge on any atom is 0.317 e. The molecule has 0 aliphatic carbocycles. The lowest BCUT2D eigenvalue weighted by molar-refractivity contribution is 0.0165. The number of urea groups is 1. The first-order valence-corrected chi connectivity index (χ1v) is 14.6. The Hall–Kier alpha value is -3.02. The quantitative estimate of drug-likeness (QED) is 0.551. The molecule has 3 amide bonds. The Morgan fingerprint density at radius 1 is 1.13 bits per heavy atom. The molecule has 0 saturated heterocycles. The third-order valence-corrected chi connectivity index (χ3v) is 8.15. The molecule has 1 aliphatic heterocycles. The van der Waals surface area contributed by atoms with E-state index in [1.165, 1.54) is 47.4 Å². The van der Waals surface area contributed by atoms with Crippen molar-refractivity contribution in [1.82, 2.24) is 15.1 Å². The van der Waals surface area contributed by atoms with Crippen molar-refractivity contribution in [3.63, 3.8) is 0 Å². The van der Waals surface area contributed by atoms with Crippen LogP contribution in [0.15, 0.2) is 47.4 Å². The molecular formula is C27H37ClN4O6S. The minimum atomic E-state index is -3.92. The van der Waals surface area contributed by atoms with Crippen molar-refractivity contribution < 1.29 is 27.5 Å². The van der Waals surface area contributed by atoms with Gasteiger partial charge < -0.3 is 24.6 Å². The van der Waals surface area contributed by atoms with Crippen LogP contribution in [0.3, 0.4) is 0 Å². The molecule has 2 aromatic rings. The number of hydrogen-bond acceptors (Lipinski definition) is 6. The van der Waals surface area contributed by atoms with E-state index in [2.05, 4.69) is 10.0 Å². The molecular weight excluding hydrogens is 544 g/mol. The Kier molecular flexibility index (Phi) is 10.1. The Balaban J connectivity index is 1.97. The predicted molar refractivity (Wildman–Crippen MR) is 151 cm³/mol. The predicted octanol–water partition coefficient (Wildman–Crippen LogP) is 4.06. The summed E-state index contributed by atoms with van der Waals surface area (Å²) in [6.07, 6.45) is -0.324. The summed E-state index contributed by atoms with van der Waals surface area (Å²) in [6.45, 7) is 8.37. The monoisotopic (exact) mass is 580 g/mol. The number of carbonyl (C=O) groups is 2. The second-order valence-corrected chi connectivity index (χ2v) is 12.2. The number of halogens is 1. The summed E-state index contributed by atoms with van der Waals surface area (Å²) in [6, 6.07) is 9.65. The van der Waals surface area contributed by atoms with Crippen LogP contribution in [-0.4, -0.2) is 82.2 Å². The van der Waals surface area contributed by atoms with Gasteiger partial charge in [-0.3, -0.25) is 9.52 Å². The highest BCUT2D eigenvalue weighted by Gasteiger charge is 2.30. The number of methoxy groups -OCH3 is 1. The first-order chi connectivity index (χ1) is 18.3. The molecule has 2 N–H and O–H groups in total. The van der Waals surface area contributed by atoms with Crippen molar-refractivity contribution >= 4 is 39.2 Å². The highest BCUT2D eigenvalue weighted by molar-refractivity contribution is 7.92. The topological polar surface area (TPSA) is 117 Å². The average Bonchev–Trinajstić information content (AvgIpc) is 2.87. The number of hydrogen-bond donors (Lipinski definition) is 2. The molecule has 0 aromatic heterocycles. The van der Waals surface area contributed by atoms with Crippen molar-refractivity contribution in [1.29, 1.82) is 0 Å². The molecule has 10 nitrogen and oxygen atoms in total. The molecule has 214 valence electrons. The first-order valence-electron chi connectivity index (χ1n) is 12.7. The Labute approximate surface area is 235 Å². The molecule has 3 rings (SSSR count). The summed E-state index contributed by atoms with van der Waals surface area (Å²) in [7, 11) is -0.664. The number of sulfonamides is 1. The van der Waals surface area contributed by atoms with E-state index < -0.39 is 10.0 Å². The van der Waals surface area contributed by atoms with Gasteiger partial charge in [-0.25, -0.2) is 13.2 Å². The molecule has 12 heteroatoms. The highest BCUT2D eigenvalue weighted by Crippen LogP contribution is 2.28. The van der Waals surface area contributed by atoms with E-state index in [1.807, 2.05) is 27.7 Å². The third kappa shape index (κ3) is 7.77. The van der Waals surface area contributed by atoms with Gasteiger partial charge in [0.1, 0.15) is 12.4 Å². The fraction of sp³-hybridized carbons (Fsp3) is 0.481.